The van der Waals surface area contributed by atoms with Crippen LogP contribution in [0.5, 0.6) is 11.5 Å². The van der Waals surface area contributed by atoms with Gasteiger partial charge in [-0.05, 0) is 57.2 Å². The Morgan fingerprint density at radius 3 is 1.65 bits per heavy atom. The van der Waals surface area contributed by atoms with Crippen molar-refractivity contribution in [1.82, 2.24) is 0 Å². The second-order valence-corrected chi connectivity index (χ2v) is 8.99. The first-order valence-electron chi connectivity index (χ1n) is 8.69. The fraction of sp³-hybridized carbons (Fsp3) is 0.217. The van der Waals surface area contributed by atoms with Crippen molar-refractivity contribution in [2.24, 2.45) is 0 Å². The largest absolute Gasteiger partial charge is 0.493 e. The fourth-order valence-electron chi connectivity index (χ4n) is 2.71. The lowest BCUT2D eigenvalue weighted by atomic mass is 10.2. The molecular weight excluding hydrogens is 340 g/mol. The monoisotopic (exact) mass is 365 g/mol. The highest BCUT2D eigenvalue weighted by Gasteiger charge is 2.30. The summed E-state index contributed by atoms with van der Waals surface area (Å²) in [6.45, 7) is 6.12. The molecule has 0 aromatic heterocycles. The lowest BCUT2D eigenvalue weighted by Crippen LogP contribution is -2.23. The van der Waals surface area contributed by atoms with E-state index in [4.69, 9.17) is 9.47 Å². The summed E-state index contributed by atoms with van der Waals surface area (Å²) in [5.74, 6) is 1.54. The maximum absolute atomic E-state index is 6.05. The van der Waals surface area contributed by atoms with E-state index in [1.54, 1.807) is 7.11 Å². The molecule has 0 saturated carbocycles. The molecule has 134 valence electrons. The first-order valence-corrected chi connectivity index (χ1v) is 9.92. The van der Waals surface area contributed by atoms with E-state index in [1.165, 1.54) is 14.7 Å². The number of hydrogen-bond acceptors (Lipinski definition) is 2. The van der Waals surface area contributed by atoms with Crippen LogP contribution in [-0.4, -0.2) is 12.7 Å². The third-order valence-electron chi connectivity index (χ3n) is 3.74. The lowest BCUT2D eigenvalue weighted by molar-refractivity contribution is 0.125. The molecule has 0 amide bonds. The number of methoxy groups -OCH3 is 1. The first-order chi connectivity index (χ1) is 12.5. The lowest BCUT2D eigenvalue weighted by Gasteiger charge is -2.22. The molecule has 0 saturated heterocycles. The Balaban J connectivity index is 2.07. The fourth-order valence-corrected chi connectivity index (χ4v) is 4.81. The zero-order valence-corrected chi connectivity index (χ0v) is 16.5. The Labute approximate surface area is 159 Å². The van der Waals surface area contributed by atoms with Crippen molar-refractivity contribution in [2.45, 2.75) is 41.1 Å². The minimum atomic E-state index is -0.269. The van der Waals surface area contributed by atoms with Crippen LogP contribution in [0.4, 0.5) is 0 Å². The highest BCUT2D eigenvalue weighted by Crippen LogP contribution is 2.37. The van der Waals surface area contributed by atoms with Crippen LogP contribution in [0.1, 0.15) is 20.8 Å². The smallest absolute Gasteiger partial charge is 0.170 e. The molecule has 3 heteroatoms. The molecule has 0 aliphatic heterocycles. The minimum absolute atomic E-state index is 0.193. The molecule has 0 atom stereocenters. The maximum atomic E-state index is 6.05. The Bertz CT molecular complexity index is 800. The van der Waals surface area contributed by atoms with Crippen molar-refractivity contribution in [1.29, 1.82) is 0 Å². The Morgan fingerprint density at radius 1 is 0.654 bits per heavy atom. The van der Waals surface area contributed by atoms with Crippen LogP contribution < -0.4 is 9.47 Å². The molecule has 3 rings (SSSR count). The van der Waals surface area contributed by atoms with Crippen molar-refractivity contribution in [2.75, 3.05) is 7.11 Å². The molecule has 2 nitrogen and oxygen atoms in total. The standard InChI is InChI=1S/C23H25O2S/c1-23(2,3)25-21-16-15-20(17-22(21)24-4)26(18-11-7-5-8-12-18)19-13-9-6-10-14-19/h5-17H,1-4H3/q+1. The van der Waals surface area contributed by atoms with Gasteiger partial charge in [-0.3, -0.25) is 0 Å². The molecule has 0 aliphatic carbocycles. The third kappa shape index (κ3) is 4.41. The molecule has 26 heavy (non-hydrogen) atoms. The first kappa shape index (κ1) is 18.4. The summed E-state index contributed by atoms with van der Waals surface area (Å²) in [6, 6.07) is 27.5. The van der Waals surface area contributed by atoms with E-state index in [1.807, 2.05) is 26.8 Å². The van der Waals surface area contributed by atoms with Crippen LogP contribution in [0.25, 0.3) is 0 Å². The van der Waals surface area contributed by atoms with E-state index in [9.17, 15) is 0 Å². The number of hydrogen-bond donors (Lipinski definition) is 0. The van der Waals surface area contributed by atoms with Crippen LogP contribution in [0, 0.1) is 0 Å². The molecule has 0 fully saturated rings. The zero-order chi connectivity index (χ0) is 18.6. The topological polar surface area (TPSA) is 18.5 Å². The molecule has 3 aromatic carbocycles. The minimum Gasteiger partial charge on any atom is -0.493 e. The predicted octanol–water partition coefficient (Wildman–Crippen LogP) is 5.97. The van der Waals surface area contributed by atoms with E-state index >= 15 is 0 Å². The van der Waals surface area contributed by atoms with Gasteiger partial charge in [-0.1, -0.05) is 36.4 Å². The number of benzene rings is 3. The summed E-state index contributed by atoms with van der Waals surface area (Å²) in [7, 11) is 1.50. The Hall–Kier alpha value is -2.39. The van der Waals surface area contributed by atoms with Gasteiger partial charge in [0.25, 0.3) is 0 Å². The molecule has 0 heterocycles. The van der Waals surface area contributed by atoms with Gasteiger partial charge >= 0.3 is 0 Å². The summed E-state index contributed by atoms with van der Waals surface area (Å²) < 4.78 is 11.7. The van der Waals surface area contributed by atoms with Gasteiger partial charge in [0.15, 0.2) is 26.2 Å². The van der Waals surface area contributed by atoms with Crippen LogP contribution in [0.2, 0.25) is 0 Å². The van der Waals surface area contributed by atoms with Crippen molar-refractivity contribution >= 4 is 10.9 Å². The third-order valence-corrected chi connectivity index (χ3v) is 5.96. The van der Waals surface area contributed by atoms with Crippen LogP contribution >= 0.6 is 0 Å². The molecular formula is C23H25O2S+. The maximum Gasteiger partial charge on any atom is 0.170 e. The van der Waals surface area contributed by atoms with E-state index in [0.29, 0.717) is 0 Å². The molecule has 0 N–H and O–H groups in total. The van der Waals surface area contributed by atoms with E-state index < -0.39 is 0 Å². The van der Waals surface area contributed by atoms with Gasteiger partial charge in [-0.15, -0.1) is 0 Å². The van der Waals surface area contributed by atoms with Crippen molar-refractivity contribution in [3.63, 3.8) is 0 Å². The highest BCUT2D eigenvalue weighted by atomic mass is 32.2. The van der Waals surface area contributed by atoms with Crippen molar-refractivity contribution in [3.8, 4) is 11.5 Å². The van der Waals surface area contributed by atoms with E-state index in [2.05, 4.69) is 72.8 Å². The summed E-state index contributed by atoms with van der Waals surface area (Å²) in [4.78, 5) is 3.77. The van der Waals surface area contributed by atoms with Gasteiger partial charge in [0.05, 0.1) is 18.0 Å². The summed E-state index contributed by atoms with van der Waals surface area (Å²) in [5, 5.41) is 0. The average Bonchev–Trinajstić information content (AvgIpc) is 2.64. The Kier molecular flexibility index (Phi) is 5.58. The van der Waals surface area contributed by atoms with Crippen molar-refractivity contribution in [3.05, 3.63) is 78.9 Å². The molecule has 0 spiro atoms. The molecule has 0 radical (unpaired) electrons. The molecule has 0 aliphatic rings. The Morgan fingerprint density at radius 2 is 1.19 bits per heavy atom. The summed E-state index contributed by atoms with van der Waals surface area (Å²) in [5.41, 5.74) is -0.269. The quantitative estimate of drug-likeness (QED) is 0.519. The van der Waals surface area contributed by atoms with Crippen LogP contribution in [0.15, 0.2) is 93.5 Å². The summed E-state index contributed by atoms with van der Waals surface area (Å²) >= 11 is 0. The molecule has 0 unspecified atom stereocenters. The van der Waals surface area contributed by atoms with Crippen molar-refractivity contribution < 1.29 is 9.47 Å². The predicted molar refractivity (Wildman–Crippen MR) is 108 cm³/mol. The van der Waals surface area contributed by atoms with Gasteiger partial charge in [-0.2, -0.15) is 0 Å². The van der Waals surface area contributed by atoms with E-state index in [0.717, 1.165) is 11.5 Å². The molecule has 0 bridgehead atoms. The van der Waals surface area contributed by atoms with Gasteiger partial charge in [0.2, 0.25) is 0 Å². The van der Waals surface area contributed by atoms with Gasteiger partial charge < -0.3 is 9.47 Å². The van der Waals surface area contributed by atoms with E-state index in [-0.39, 0.29) is 16.5 Å². The summed E-state index contributed by atoms with van der Waals surface area (Å²) in [6.07, 6.45) is 0. The number of rotatable bonds is 5. The second kappa shape index (κ2) is 7.88. The SMILES string of the molecule is COc1cc([S+](c2ccccc2)c2ccccc2)ccc1OC(C)(C)C. The van der Waals surface area contributed by atoms with Crippen LogP contribution in [0.3, 0.4) is 0 Å². The van der Waals surface area contributed by atoms with Gasteiger partial charge in [0, 0.05) is 6.07 Å². The number of ether oxygens (including phenoxy) is 2. The highest BCUT2D eigenvalue weighted by molar-refractivity contribution is 7.97. The second-order valence-electron chi connectivity index (χ2n) is 6.96. The van der Waals surface area contributed by atoms with Crippen LogP contribution in [-0.2, 0) is 10.9 Å². The zero-order valence-electron chi connectivity index (χ0n) is 15.7. The van der Waals surface area contributed by atoms with Gasteiger partial charge in [-0.25, -0.2) is 0 Å². The normalized spacial score (nSPS) is 11.4. The van der Waals surface area contributed by atoms with Gasteiger partial charge in [0.1, 0.15) is 5.60 Å². The molecule has 3 aromatic rings. The average molecular weight is 366 g/mol.